The highest BCUT2D eigenvalue weighted by Crippen LogP contribution is 2.12. The van der Waals surface area contributed by atoms with Gasteiger partial charge in [0.2, 0.25) is 0 Å². The minimum atomic E-state index is -2.81. The molecule has 18 heavy (non-hydrogen) atoms. The van der Waals surface area contributed by atoms with Crippen molar-refractivity contribution in [3.05, 3.63) is 0 Å². The minimum absolute atomic E-state index is 0.316. The molecule has 1 saturated heterocycles. The van der Waals surface area contributed by atoms with Gasteiger partial charge in [0.25, 0.3) is 0 Å². The lowest BCUT2D eigenvalue weighted by Crippen LogP contribution is -2.39. The molecule has 0 aliphatic carbocycles. The second kappa shape index (κ2) is 8.12. The van der Waals surface area contributed by atoms with Crippen molar-refractivity contribution in [2.24, 2.45) is 5.92 Å². The lowest BCUT2D eigenvalue weighted by Gasteiger charge is -2.30. The molecule has 1 rings (SSSR count). The molecule has 0 aromatic heterocycles. The highest BCUT2D eigenvalue weighted by Gasteiger charge is 2.16. The lowest BCUT2D eigenvalue weighted by atomic mass is 9.99. The van der Waals surface area contributed by atoms with Gasteiger partial charge < -0.3 is 10.2 Å². The van der Waals surface area contributed by atoms with E-state index in [2.05, 4.69) is 17.1 Å². The van der Waals surface area contributed by atoms with Crippen molar-refractivity contribution >= 4 is 9.84 Å². The summed E-state index contributed by atoms with van der Waals surface area (Å²) in [6.07, 6.45) is 5.80. The van der Waals surface area contributed by atoms with E-state index >= 15 is 0 Å². The van der Waals surface area contributed by atoms with E-state index < -0.39 is 9.84 Å². The van der Waals surface area contributed by atoms with Crippen molar-refractivity contribution in [3.8, 4) is 0 Å². The van der Waals surface area contributed by atoms with Gasteiger partial charge in [0.05, 0.1) is 5.75 Å². The molecule has 1 atom stereocenters. The summed E-state index contributed by atoms with van der Waals surface area (Å²) in [6.45, 7) is 7.57. The fraction of sp³-hybridized carbons (Fsp3) is 1.00. The molecule has 1 heterocycles. The molecule has 1 N–H and O–H groups in total. The molecule has 0 bridgehead atoms. The Morgan fingerprint density at radius 3 is 2.67 bits per heavy atom. The largest absolute Gasteiger partial charge is 0.316 e. The van der Waals surface area contributed by atoms with E-state index in [-0.39, 0.29) is 0 Å². The summed E-state index contributed by atoms with van der Waals surface area (Å²) in [5.74, 6) is 1.05. The molecule has 5 heteroatoms. The molecule has 1 unspecified atom stereocenters. The Morgan fingerprint density at radius 1 is 1.33 bits per heavy atom. The van der Waals surface area contributed by atoms with Crippen LogP contribution in [-0.4, -0.2) is 58.1 Å². The number of hydrogen-bond acceptors (Lipinski definition) is 4. The van der Waals surface area contributed by atoms with Crippen LogP contribution in [0.2, 0.25) is 0 Å². The molecule has 0 spiro atoms. The first-order chi connectivity index (χ1) is 8.51. The third kappa shape index (κ3) is 7.34. The molecule has 0 saturated carbocycles. The second-order valence-electron chi connectivity index (χ2n) is 5.50. The molecule has 108 valence electrons. The van der Waals surface area contributed by atoms with E-state index in [9.17, 15) is 8.42 Å². The third-order valence-corrected chi connectivity index (χ3v) is 4.47. The third-order valence-electron chi connectivity index (χ3n) is 3.44. The maximum Gasteiger partial charge on any atom is 0.147 e. The Labute approximate surface area is 112 Å². The molecule has 1 aliphatic heterocycles. The first-order valence-corrected chi connectivity index (χ1v) is 9.18. The van der Waals surface area contributed by atoms with Crippen LogP contribution in [0.1, 0.15) is 32.6 Å². The SMILES string of the molecule is CCCN(CCCS(C)(=O)=O)CC1CCCNC1. The van der Waals surface area contributed by atoms with Crippen LogP contribution in [0.5, 0.6) is 0 Å². The molecule has 0 amide bonds. The monoisotopic (exact) mass is 276 g/mol. The zero-order valence-corrected chi connectivity index (χ0v) is 12.6. The Morgan fingerprint density at radius 2 is 2.11 bits per heavy atom. The van der Waals surface area contributed by atoms with E-state index in [1.165, 1.54) is 19.1 Å². The summed E-state index contributed by atoms with van der Waals surface area (Å²) in [6, 6.07) is 0. The van der Waals surface area contributed by atoms with Crippen molar-refractivity contribution in [1.29, 1.82) is 0 Å². The lowest BCUT2D eigenvalue weighted by molar-refractivity contribution is 0.208. The second-order valence-corrected chi connectivity index (χ2v) is 7.76. The molecule has 1 aliphatic rings. The first kappa shape index (κ1) is 15.9. The van der Waals surface area contributed by atoms with Gasteiger partial charge in [-0.05, 0) is 57.8 Å². The molecule has 1 fully saturated rings. The zero-order chi connectivity index (χ0) is 13.4. The normalized spacial score (nSPS) is 21.4. The molecule has 4 nitrogen and oxygen atoms in total. The van der Waals surface area contributed by atoms with Crippen LogP contribution in [0.4, 0.5) is 0 Å². The number of piperidine rings is 1. The van der Waals surface area contributed by atoms with E-state index in [0.29, 0.717) is 5.75 Å². The van der Waals surface area contributed by atoms with Gasteiger partial charge in [-0.15, -0.1) is 0 Å². The summed E-state index contributed by atoms with van der Waals surface area (Å²) < 4.78 is 22.3. The Kier molecular flexibility index (Phi) is 7.19. The number of rotatable bonds is 8. The van der Waals surface area contributed by atoms with Gasteiger partial charge in [0.15, 0.2) is 0 Å². The average Bonchev–Trinajstić information content (AvgIpc) is 2.29. The number of nitrogens with one attached hydrogen (secondary N) is 1. The molecule has 0 aromatic rings. The van der Waals surface area contributed by atoms with Crippen LogP contribution < -0.4 is 5.32 Å². The smallest absolute Gasteiger partial charge is 0.147 e. The maximum absolute atomic E-state index is 11.1. The fourth-order valence-electron chi connectivity index (χ4n) is 2.61. The molecular formula is C13H28N2O2S. The van der Waals surface area contributed by atoms with Crippen molar-refractivity contribution in [1.82, 2.24) is 10.2 Å². The van der Waals surface area contributed by atoms with Crippen LogP contribution in [0.25, 0.3) is 0 Å². The number of sulfone groups is 1. The average molecular weight is 276 g/mol. The molecule has 0 aromatic carbocycles. The van der Waals surface area contributed by atoms with Crippen molar-refractivity contribution in [3.63, 3.8) is 0 Å². The van der Waals surface area contributed by atoms with Crippen LogP contribution in [0.3, 0.4) is 0 Å². The van der Waals surface area contributed by atoms with Crippen molar-refractivity contribution < 1.29 is 8.42 Å². The summed E-state index contributed by atoms with van der Waals surface area (Å²) in [5, 5.41) is 3.44. The van der Waals surface area contributed by atoms with E-state index in [0.717, 1.165) is 51.5 Å². The molecular weight excluding hydrogens is 248 g/mol. The number of hydrogen-bond donors (Lipinski definition) is 1. The maximum atomic E-state index is 11.1. The number of nitrogens with zero attached hydrogens (tertiary/aromatic N) is 1. The van der Waals surface area contributed by atoms with Gasteiger partial charge in [0, 0.05) is 12.8 Å². The van der Waals surface area contributed by atoms with Gasteiger partial charge in [-0.25, -0.2) is 8.42 Å². The van der Waals surface area contributed by atoms with E-state index in [1.54, 1.807) is 0 Å². The highest BCUT2D eigenvalue weighted by molar-refractivity contribution is 7.90. The Bertz CT molecular complexity index is 311. The predicted molar refractivity (Wildman–Crippen MR) is 76.7 cm³/mol. The van der Waals surface area contributed by atoms with Crippen molar-refractivity contribution in [2.75, 3.05) is 44.7 Å². The Balaban J connectivity index is 2.29. The van der Waals surface area contributed by atoms with Crippen LogP contribution in [0.15, 0.2) is 0 Å². The Hall–Kier alpha value is -0.130. The summed E-state index contributed by atoms with van der Waals surface area (Å²) in [4.78, 5) is 2.43. The summed E-state index contributed by atoms with van der Waals surface area (Å²) >= 11 is 0. The van der Waals surface area contributed by atoms with E-state index in [4.69, 9.17) is 0 Å². The zero-order valence-electron chi connectivity index (χ0n) is 11.8. The van der Waals surface area contributed by atoms with Gasteiger partial charge in [0.1, 0.15) is 9.84 Å². The van der Waals surface area contributed by atoms with Gasteiger partial charge in [-0.1, -0.05) is 6.92 Å². The van der Waals surface area contributed by atoms with Gasteiger partial charge >= 0.3 is 0 Å². The highest BCUT2D eigenvalue weighted by atomic mass is 32.2. The van der Waals surface area contributed by atoms with Crippen LogP contribution in [0, 0.1) is 5.92 Å². The first-order valence-electron chi connectivity index (χ1n) is 7.12. The van der Waals surface area contributed by atoms with Crippen molar-refractivity contribution in [2.45, 2.75) is 32.6 Å². The minimum Gasteiger partial charge on any atom is -0.316 e. The summed E-state index contributed by atoms with van der Waals surface area (Å²) in [5.41, 5.74) is 0. The molecule has 0 radical (unpaired) electrons. The fourth-order valence-corrected chi connectivity index (χ4v) is 3.26. The topological polar surface area (TPSA) is 49.4 Å². The predicted octanol–water partition coefficient (Wildman–Crippen LogP) is 1.13. The van der Waals surface area contributed by atoms with Crippen LogP contribution >= 0.6 is 0 Å². The standard InChI is InChI=1S/C13H28N2O2S/c1-3-8-15(9-5-10-18(2,16)17)12-13-6-4-7-14-11-13/h13-14H,3-12H2,1-2H3. The summed E-state index contributed by atoms with van der Waals surface area (Å²) in [7, 11) is -2.81. The van der Waals surface area contributed by atoms with Crippen LogP contribution in [-0.2, 0) is 9.84 Å². The quantitative estimate of drug-likeness (QED) is 0.722. The van der Waals surface area contributed by atoms with E-state index in [1.807, 2.05) is 0 Å². The van der Waals surface area contributed by atoms with Gasteiger partial charge in [-0.2, -0.15) is 0 Å². The van der Waals surface area contributed by atoms with Gasteiger partial charge in [-0.3, -0.25) is 0 Å².